The zero-order chi connectivity index (χ0) is 5.70. The van der Waals surface area contributed by atoms with E-state index in [4.69, 9.17) is 0 Å². The third-order valence-electron chi connectivity index (χ3n) is 1.50. The van der Waals surface area contributed by atoms with Gasteiger partial charge in [0.15, 0.2) is 0 Å². The molecule has 0 aliphatic rings. The Hall–Kier alpha value is 0.719. The van der Waals surface area contributed by atoms with Crippen molar-refractivity contribution in [2.45, 2.75) is 34.1 Å². The fourth-order valence-corrected chi connectivity index (χ4v) is 5.03. The Morgan fingerprint density at radius 3 is 1.00 bits per heavy atom. The van der Waals surface area contributed by atoms with Crippen molar-refractivity contribution in [1.29, 1.82) is 0 Å². The van der Waals surface area contributed by atoms with Gasteiger partial charge in [0.05, 0.1) is 0 Å². The second kappa shape index (κ2) is 11.5. The molecule has 0 rings (SSSR count). The first kappa shape index (κ1) is 16.4. The number of hydrogen-bond acceptors (Lipinski definition) is 0. The van der Waals surface area contributed by atoms with Crippen LogP contribution in [0.5, 0.6) is 0 Å². The van der Waals surface area contributed by atoms with Crippen molar-refractivity contribution in [2.75, 3.05) is 0 Å². The van der Waals surface area contributed by atoms with Crippen LogP contribution in [0.2, 0.25) is 13.3 Å². The van der Waals surface area contributed by atoms with Crippen LogP contribution in [0.3, 0.4) is 0 Å². The summed E-state index contributed by atoms with van der Waals surface area (Å²) >= 11 is -0.653. The van der Waals surface area contributed by atoms with Gasteiger partial charge in [0, 0.05) is 0 Å². The second-order valence-corrected chi connectivity index (χ2v) is 12.1. The third-order valence-corrected chi connectivity index (χ3v) is 10.1. The van der Waals surface area contributed by atoms with Crippen molar-refractivity contribution >= 4 is 19.8 Å². The molecular formula is C6H19O2Sn. The summed E-state index contributed by atoms with van der Waals surface area (Å²) in [5, 5.41) is 0. The van der Waals surface area contributed by atoms with Gasteiger partial charge in [-0.2, -0.15) is 0 Å². The van der Waals surface area contributed by atoms with Crippen LogP contribution in [0, 0.1) is 0 Å². The summed E-state index contributed by atoms with van der Waals surface area (Å²) in [5.74, 6) is 0. The number of hydrogen-bond donors (Lipinski definition) is 0. The fourth-order valence-electron chi connectivity index (χ4n) is 0.750. The minimum Gasteiger partial charge on any atom is -0.412 e. The largest absolute Gasteiger partial charge is 0.412 e. The van der Waals surface area contributed by atoms with Crippen LogP contribution in [0.15, 0.2) is 0 Å². The maximum atomic E-state index is 2.35. The van der Waals surface area contributed by atoms with E-state index in [2.05, 4.69) is 20.8 Å². The average Bonchev–Trinajstić information content (AvgIpc) is 1.72. The van der Waals surface area contributed by atoms with Gasteiger partial charge in [-0.1, -0.05) is 0 Å². The van der Waals surface area contributed by atoms with Crippen molar-refractivity contribution < 1.29 is 11.0 Å². The second-order valence-electron chi connectivity index (χ2n) is 1.81. The van der Waals surface area contributed by atoms with Gasteiger partial charge in [-0.3, -0.25) is 0 Å². The maximum Gasteiger partial charge on any atom is -0.412 e. The molecule has 0 spiro atoms. The molecule has 4 N–H and O–H groups in total. The van der Waals surface area contributed by atoms with Gasteiger partial charge in [-0.15, -0.1) is 0 Å². The molecule has 0 fully saturated rings. The van der Waals surface area contributed by atoms with Gasteiger partial charge < -0.3 is 11.0 Å². The minimum atomic E-state index is -0.653. The standard InChI is InChI=1S/3C2H5.2H2O.Sn/c3*1-2;;;/h3*1H2,2H3;2*1H2;. The van der Waals surface area contributed by atoms with Gasteiger partial charge in [0.25, 0.3) is 0 Å². The van der Waals surface area contributed by atoms with Gasteiger partial charge in [-0.25, -0.2) is 0 Å². The molecule has 0 aliphatic heterocycles. The van der Waals surface area contributed by atoms with Crippen LogP contribution in [0.4, 0.5) is 0 Å². The van der Waals surface area contributed by atoms with E-state index in [1.807, 2.05) is 0 Å². The summed E-state index contributed by atoms with van der Waals surface area (Å²) in [5.41, 5.74) is 0. The van der Waals surface area contributed by atoms with E-state index in [9.17, 15) is 0 Å². The molecule has 0 saturated carbocycles. The molecule has 0 heterocycles. The summed E-state index contributed by atoms with van der Waals surface area (Å²) in [6, 6.07) is 0. The summed E-state index contributed by atoms with van der Waals surface area (Å²) in [6.45, 7) is 7.05. The van der Waals surface area contributed by atoms with Crippen LogP contribution in [-0.2, 0) is 0 Å². The molecule has 59 valence electrons. The van der Waals surface area contributed by atoms with Crippen LogP contribution >= 0.6 is 0 Å². The topological polar surface area (TPSA) is 63.0 Å². The van der Waals surface area contributed by atoms with Gasteiger partial charge in [-0.05, 0) is 0 Å². The van der Waals surface area contributed by atoms with Crippen molar-refractivity contribution in [3.63, 3.8) is 0 Å². The molecule has 0 unspecified atom stereocenters. The molecule has 9 heavy (non-hydrogen) atoms. The monoisotopic (exact) mass is 243 g/mol. The SMILES string of the molecule is C[CH2][Sn]([CH2]C)[CH2]C.O.O. The normalized spacial score (nSPS) is 8.00. The molecule has 0 atom stereocenters. The van der Waals surface area contributed by atoms with Gasteiger partial charge in [0.1, 0.15) is 0 Å². The third kappa shape index (κ3) is 8.72. The van der Waals surface area contributed by atoms with E-state index in [0.29, 0.717) is 0 Å². The van der Waals surface area contributed by atoms with Crippen LogP contribution in [0.25, 0.3) is 0 Å². The predicted molar refractivity (Wildman–Crippen MR) is 44.4 cm³/mol. The summed E-state index contributed by atoms with van der Waals surface area (Å²) in [6.07, 6.45) is 0. The predicted octanol–water partition coefficient (Wildman–Crippen LogP) is 0.891. The van der Waals surface area contributed by atoms with E-state index in [-0.39, 0.29) is 11.0 Å². The van der Waals surface area contributed by atoms with Crippen molar-refractivity contribution in [2.24, 2.45) is 0 Å². The fraction of sp³-hybridized carbons (Fsp3) is 1.00. The Balaban J connectivity index is -0.000000180. The Bertz CT molecular complexity index is 32.5. The van der Waals surface area contributed by atoms with E-state index >= 15 is 0 Å². The van der Waals surface area contributed by atoms with E-state index in [0.717, 1.165) is 0 Å². The van der Waals surface area contributed by atoms with Crippen LogP contribution in [-0.4, -0.2) is 30.7 Å². The zero-order valence-electron chi connectivity index (χ0n) is 6.62. The van der Waals surface area contributed by atoms with E-state index in [1.54, 1.807) is 13.3 Å². The molecule has 0 saturated heterocycles. The smallest absolute Gasteiger partial charge is 0.412 e. The van der Waals surface area contributed by atoms with Crippen LogP contribution < -0.4 is 0 Å². The van der Waals surface area contributed by atoms with Gasteiger partial charge in [0.2, 0.25) is 0 Å². The molecule has 0 aromatic carbocycles. The van der Waals surface area contributed by atoms with Crippen molar-refractivity contribution in [1.82, 2.24) is 0 Å². The quantitative estimate of drug-likeness (QED) is 0.659. The number of rotatable bonds is 3. The summed E-state index contributed by atoms with van der Waals surface area (Å²) in [4.78, 5) is 0. The molecule has 2 nitrogen and oxygen atoms in total. The Morgan fingerprint density at radius 1 is 0.778 bits per heavy atom. The molecule has 0 aromatic rings. The molecule has 0 aliphatic carbocycles. The molecule has 1 radical (unpaired) electrons. The first-order valence-corrected chi connectivity index (χ1v) is 9.24. The Morgan fingerprint density at radius 2 is 1.00 bits per heavy atom. The zero-order valence-corrected chi connectivity index (χ0v) is 9.48. The van der Waals surface area contributed by atoms with Gasteiger partial charge >= 0.3 is 53.8 Å². The Labute approximate surface area is 65.0 Å². The molecular weight excluding hydrogens is 223 g/mol. The van der Waals surface area contributed by atoms with Crippen molar-refractivity contribution in [3.05, 3.63) is 0 Å². The Kier molecular flexibility index (Phi) is 20.9. The van der Waals surface area contributed by atoms with E-state index < -0.39 is 19.8 Å². The first-order valence-electron chi connectivity index (χ1n) is 3.18. The summed E-state index contributed by atoms with van der Waals surface area (Å²) < 4.78 is 4.65. The molecule has 0 bridgehead atoms. The minimum absolute atomic E-state index is 0. The maximum absolute atomic E-state index is 2.35. The average molecular weight is 242 g/mol. The first-order chi connectivity index (χ1) is 3.35. The van der Waals surface area contributed by atoms with E-state index in [1.165, 1.54) is 0 Å². The summed E-state index contributed by atoms with van der Waals surface area (Å²) in [7, 11) is 0. The molecule has 0 amide bonds. The molecule has 0 aromatic heterocycles. The molecule has 3 heteroatoms. The van der Waals surface area contributed by atoms with Crippen molar-refractivity contribution in [3.8, 4) is 0 Å². The van der Waals surface area contributed by atoms with Crippen LogP contribution in [0.1, 0.15) is 20.8 Å².